The first-order valence-corrected chi connectivity index (χ1v) is 7.07. The van der Waals surface area contributed by atoms with E-state index in [-0.39, 0.29) is 11.7 Å². The van der Waals surface area contributed by atoms with E-state index < -0.39 is 10.7 Å². The first-order valence-electron chi connectivity index (χ1n) is 7.07. The average Bonchev–Trinajstić information content (AvgIpc) is 2.43. The van der Waals surface area contributed by atoms with Crippen LogP contribution in [-0.4, -0.2) is 60.5 Å². The van der Waals surface area contributed by atoms with Gasteiger partial charge in [-0.2, -0.15) is 0 Å². The van der Waals surface area contributed by atoms with E-state index in [2.05, 4.69) is 22.2 Å². The molecular weight excluding hydrogens is 275 g/mol. The third kappa shape index (κ3) is 4.37. The maximum absolute atomic E-state index is 13.8. The molecule has 0 amide bonds. The quantitative estimate of drug-likeness (QED) is 0.663. The summed E-state index contributed by atoms with van der Waals surface area (Å²) in [5, 5.41) is 13.7. The Balaban J connectivity index is 1.90. The molecule has 0 aliphatic carbocycles. The number of nitrogens with one attached hydrogen (secondary N) is 1. The number of piperazine rings is 1. The van der Waals surface area contributed by atoms with E-state index in [1.807, 2.05) is 6.92 Å². The Bertz CT molecular complexity index is 504. The van der Waals surface area contributed by atoms with Crippen LogP contribution >= 0.6 is 0 Å². The summed E-state index contributed by atoms with van der Waals surface area (Å²) in [5.41, 5.74) is 0.0759. The molecule has 0 saturated carbocycles. The third-order valence-corrected chi connectivity index (χ3v) is 3.69. The van der Waals surface area contributed by atoms with Crippen molar-refractivity contribution in [3.8, 4) is 0 Å². The summed E-state index contributed by atoms with van der Waals surface area (Å²) in [6, 6.07) is 3.76. The van der Waals surface area contributed by atoms with E-state index in [1.54, 1.807) is 0 Å². The van der Waals surface area contributed by atoms with Crippen LogP contribution < -0.4 is 5.32 Å². The fraction of sp³-hybridized carbons (Fsp3) is 0.571. The molecule has 116 valence electrons. The fourth-order valence-corrected chi connectivity index (χ4v) is 2.46. The number of halogens is 1. The van der Waals surface area contributed by atoms with Crippen molar-refractivity contribution in [1.82, 2.24) is 9.80 Å². The fourth-order valence-electron chi connectivity index (χ4n) is 2.46. The summed E-state index contributed by atoms with van der Waals surface area (Å²) in [5.74, 6) is -0.588. The number of nitro benzene ring substituents is 1. The molecule has 1 N–H and O–H groups in total. The predicted octanol–water partition coefficient (Wildman–Crippen LogP) is 1.78. The topological polar surface area (TPSA) is 61.6 Å². The molecule has 1 aliphatic rings. The van der Waals surface area contributed by atoms with Crippen LogP contribution in [0, 0.1) is 15.9 Å². The number of rotatable bonds is 5. The number of hydrogen-bond donors (Lipinski definition) is 1. The Kier molecular flexibility index (Phi) is 5.08. The van der Waals surface area contributed by atoms with E-state index in [0.717, 1.165) is 38.8 Å². The average molecular weight is 296 g/mol. The standard InChI is InChI=1S/C14H21FN4O2/c1-11(10-18-7-5-17(2)6-8-18)16-14-4-3-12(19(20)21)9-13(14)15/h3-4,9,11,16H,5-8,10H2,1-2H3/t11-/m0/s1. The van der Waals surface area contributed by atoms with Crippen LogP contribution in [0.5, 0.6) is 0 Å². The first-order chi connectivity index (χ1) is 9.95. The maximum atomic E-state index is 13.8. The highest BCUT2D eigenvalue weighted by Crippen LogP contribution is 2.21. The summed E-state index contributed by atoms with van der Waals surface area (Å²) in [6.45, 7) is 6.90. The van der Waals surface area contributed by atoms with Crippen molar-refractivity contribution in [2.45, 2.75) is 13.0 Å². The van der Waals surface area contributed by atoms with Crippen molar-refractivity contribution < 1.29 is 9.31 Å². The van der Waals surface area contributed by atoms with Gasteiger partial charge in [0.05, 0.1) is 16.7 Å². The number of hydrogen-bond acceptors (Lipinski definition) is 5. The molecule has 1 aromatic rings. The molecule has 1 fully saturated rings. The van der Waals surface area contributed by atoms with Crippen LogP contribution in [0.15, 0.2) is 18.2 Å². The molecule has 1 atom stereocenters. The van der Waals surface area contributed by atoms with E-state index >= 15 is 0 Å². The molecule has 1 aromatic carbocycles. The smallest absolute Gasteiger partial charge is 0.272 e. The van der Waals surface area contributed by atoms with E-state index in [9.17, 15) is 14.5 Å². The van der Waals surface area contributed by atoms with E-state index in [0.29, 0.717) is 5.69 Å². The first kappa shape index (κ1) is 15.7. The molecule has 6 nitrogen and oxygen atoms in total. The number of nitrogens with zero attached hydrogens (tertiary/aromatic N) is 3. The second-order valence-electron chi connectivity index (χ2n) is 5.57. The van der Waals surface area contributed by atoms with Crippen LogP contribution in [0.3, 0.4) is 0 Å². The highest BCUT2D eigenvalue weighted by atomic mass is 19.1. The van der Waals surface area contributed by atoms with Crippen molar-refractivity contribution in [3.63, 3.8) is 0 Å². The molecule has 2 rings (SSSR count). The number of likely N-dealkylation sites (N-methyl/N-ethyl adjacent to an activating group) is 1. The van der Waals surface area contributed by atoms with E-state index in [4.69, 9.17) is 0 Å². The van der Waals surface area contributed by atoms with Gasteiger partial charge < -0.3 is 10.2 Å². The normalized spacial score (nSPS) is 18.4. The van der Waals surface area contributed by atoms with Crippen LogP contribution in [0.25, 0.3) is 0 Å². The van der Waals surface area contributed by atoms with Gasteiger partial charge in [0.25, 0.3) is 5.69 Å². The molecule has 7 heteroatoms. The summed E-state index contributed by atoms with van der Waals surface area (Å²) in [6.07, 6.45) is 0. The lowest BCUT2D eigenvalue weighted by Gasteiger charge is -2.34. The Morgan fingerprint density at radius 2 is 2.05 bits per heavy atom. The number of anilines is 1. The Labute approximate surface area is 123 Å². The van der Waals surface area contributed by atoms with Crippen molar-refractivity contribution in [2.24, 2.45) is 0 Å². The lowest BCUT2D eigenvalue weighted by molar-refractivity contribution is -0.385. The van der Waals surface area contributed by atoms with Gasteiger partial charge in [0.1, 0.15) is 0 Å². The zero-order valence-corrected chi connectivity index (χ0v) is 12.4. The molecule has 0 radical (unpaired) electrons. The molecule has 0 unspecified atom stereocenters. The molecule has 21 heavy (non-hydrogen) atoms. The molecule has 0 aromatic heterocycles. The van der Waals surface area contributed by atoms with Gasteiger partial charge in [0, 0.05) is 44.8 Å². The summed E-state index contributed by atoms with van der Waals surface area (Å²) in [4.78, 5) is 14.6. The lowest BCUT2D eigenvalue weighted by Crippen LogP contribution is -2.47. The van der Waals surface area contributed by atoms with Gasteiger partial charge in [0.2, 0.25) is 0 Å². The van der Waals surface area contributed by atoms with Crippen LogP contribution in [0.2, 0.25) is 0 Å². The Hall–Kier alpha value is -1.73. The SMILES string of the molecule is C[C@@H](CN1CCN(C)CC1)Nc1ccc([N+](=O)[O-])cc1F. The lowest BCUT2D eigenvalue weighted by atomic mass is 10.2. The van der Waals surface area contributed by atoms with Gasteiger partial charge in [-0.05, 0) is 20.0 Å². The maximum Gasteiger partial charge on any atom is 0.272 e. The number of non-ortho nitro benzene ring substituents is 1. The van der Waals surface area contributed by atoms with Gasteiger partial charge in [-0.25, -0.2) is 4.39 Å². The minimum atomic E-state index is -0.597. The van der Waals surface area contributed by atoms with Gasteiger partial charge >= 0.3 is 0 Å². The molecule has 1 heterocycles. The summed E-state index contributed by atoms with van der Waals surface area (Å²) < 4.78 is 13.8. The van der Waals surface area contributed by atoms with Crippen molar-refractivity contribution in [2.75, 3.05) is 45.1 Å². The Morgan fingerprint density at radius 1 is 1.38 bits per heavy atom. The van der Waals surface area contributed by atoms with Gasteiger partial charge in [-0.15, -0.1) is 0 Å². The van der Waals surface area contributed by atoms with Crippen molar-refractivity contribution in [3.05, 3.63) is 34.1 Å². The van der Waals surface area contributed by atoms with Crippen molar-refractivity contribution >= 4 is 11.4 Å². The minimum absolute atomic E-state index is 0.0735. The monoisotopic (exact) mass is 296 g/mol. The van der Waals surface area contributed by atoms with Crippen LogP contribution in [-0.2, 0) is 0 Å². The highest BCUT2D eigenvalue weighted by Gasteiger charge is 2.17. The molecule has 1 aliphatic heterocycles. The Morgan fingerprint density at radius 3 is 2.62 bits per heavy atom. The number of nitro groups is 1. The van der Waals surface area contributed by atoms with Gasteiger partial charge in [0.15, 0.2) is 5.82 Å². The van der Waals surface area contributed by atoms with Gasteiger partial charge in [-0.3, -0.25) is 15.0 Å². The van der Waals surface area contributed by atoms with Crippen LogP contribution in [0.1, 0.15) is 6.92 Å². The van der Waals surface area contributed by atoms with E-state index in [1.165, 1.54) is 12.1 Å². The molecule has 1 saturated heterocycles. The minimum Gasteiger partial charge on any atom is -0.379 e. The zero-order chi connectivity index (χ0) is 15.4. The summed E-state index contributed by atoms with van der Waals surface area (Å²) >= 11 is 0. The van der Waals surface area contributed by atoms with Crippen LogP contribution in [0.4, 0.5) is 15.8 Å². The predicted molar refractivity (Wildman–Crippen MR) is 80.1 cm³/mol. The second-order valence-corrected chi connectivity index (χ2v) is 5.57. The third-order valence-electron chi connectivity index (χ3n) is 3.69. The van der Waals surface area contributed by atoms with Crippen molar-refractivity contribution in [1.29, 1.82) is 0 Å². The molecular formula is C14H21FN4O2. The largest absolute Gasteiger partial charge is 0.379 e. The second kappa shape index (κ2) is 6.82. The zero-order valence-electron chi connectivity index (χ0n) is 12.4. The highest BCUT2D eigenvalue weighted by molar-refractivity contribution is 5.50. The molecule has 0 spiro atoms. The summed E-state index contributed by atoms with van der Waals surface area (Å²) in [7, 11) is 2.10. The van der Waals surface area contributed by atoms with Gasteiger partial charge in [-0.1, -0.05) is 0 Å². The number of benzene rings is 1. The molecule has 0 bridgehead atoms.